The van der Waals surface area contributed by atoms with Gasteiger partial charge in [-0.3, -0.25) is 4.98 Å². The topological polar surface area (TPSA) is 67.3 Å². The van der Waals surface area contributed by atoms with Gasteiger partial charge in [0.1, 0.15) is 5.60 Å². The van der Waals surface area contributed by atoms with Crippen LogP contribution in [-0.2, 0) is 15.4 Å². The number of hydrogen-bond acceptors (Lipinski definition) is 4. The minimum atomic E-state index is -3.31. The van der Waals surface area contributed by atoms with Crippen molar-refractivity contribution in [3.8, 4) is 0 Å². The van der Waals surface area contributed by atoms with Crippen LogP contribution < -0.4 is 0 Å². The Labute approximate surface area is 118 Å². The highest BCUT2D eigenvalue weighted by atomic mass is 32.2. The molecule has 2 heterocycles. The molecule has 2 aromatic rings. The Balaban J connectivity index is 2.23. The van der Waals surface area contributed by atoms with Gasteiger partial charge in [0.05, 0.1) is 10.6 Å². The summed E-state index contributed by atoms with van der Waals surface area (Å²) in [4.78, 5) is 4.42. The highest BCUT2D eigenvalue weighted by Crippen LogP contribution is 2.41. The molecule has 1 aromatic heterocycles. The maximum atomic E-state index is 12.1. The average Bonchev–Trinajstić information content (AvgIpc) is 2.45. The molecule has 0 saturated carbocycles. The number of aryl methyl sites for hydroxylation is 1. The van der Waals surface area contributed by atoms with E-state index in [-0.39, 0.29) is 17.1 Å². The standard InChI is InChI=1S/C15H15NO3S/c1-11-6-7-12(10-16-11)15(17)8-9-20(18,19)14-5-3-2-4-13(14)15/h2-7,10,17H,8-9H2,1H3. The smallest absolute Gasteiger partial charge is 0.178 e. The lowest BCUT2D eigenvalue weighted by atomic mass is 9.84. The van der Waals surface area contributed by atoms with Crippen LogP contribution in [0.2, 0.25) is 0 Å². The molecule has 0 aliphatic carbocycles. The molecule has 5 heteroatoms. The van der Waals surface area contributed by atoms with E-state index in [1.165, 1.54) is 0 Å². The summed E-state index contributed by atoms with van der Waals surface area (Å²) in [6.45, 7) is 1.87. The Hall–Kier alpha value is -1.72. The Bertz CT molecular complexity index is 753. The lowest BCUT2D eigenvalue weighted by Gasteiger charge is -2.34. The number of aliphatic hydroxyl groups is 1. The molecule has 1 aromatic carbocycles. The fourth-order valence-corrected chi connectivity index (χ4v) is 4.26. The summed E-state index contributed by atoms with van der Waals surface area (Å²) in [5.74, 6) is -0.0611. The van der Waals surface area contributed by atoms with Gasteiger partial charge in [0.2, 0.25) is 0 Å². The zero-order chi connectivity index (χ0) is 14.4. The lowest BCUT2D eigenvalue weighted by molar-refractivity contribution is 0.0714. The molecule has 4 nitrogen and oxygen atoms in total. The number of rotatable bonds is 1. The average molecular weight is 289 g/mol. The van der Waals surface area contributed by atoms with E-state index in [4.69, 9.17) is 0 Å². The molecule has 0 spiro atoms. The van der Waals surface area contributed by atoms with Crippen molar-refractivity contribution in [2.24, 2.45) is 0 Å². The number of aromatic nitrogens is 1. The highest BCUT2D eigenvalue weighted by Gasteiger charge is 2.41. The summed E-state index contributed by atoms with van der Waals surface area (Å²) in [5.41, 5.74) is 0.638. The van der Waals surface area contributed by atoms with E-state index in [1.54, 1.807) is 36.5 Å². The van der Waals surface area contributed by atoms with Gasteiger partial charge in [0.25, 0.3) is 0 Å². The predicted octanol–water partition coefficient (Wildman–Crippen LogP) is 1.80. The molecule has 0 fully saturated rings. The molecular formula is C15H15NO3S. The van der Waals surface area contributed by atoms with Gasteiger partial charge in [-0.05, 0) is 25.5 Å². The molecule has 1 unspecified atom stereocenters. The van der Waals surface area contributed by atoms with Crippen LogP contribution >= 0.6 is 0 Å². The van der Waals surface area contributed by atoms with Crippen LogP contribution in [-0.4, -0.2) is 24.3 Å². The van der Waals surface area contributed by atoms with Crippen molar-refractivity contribution in [2.75, 3.05) is 5.75 Å². The molecule has 0 bridgehead atoms. The zero-order valence-electron chi connectivity index (χ0n) is 11.1. The zero-order valence-corrected chi connectivity index (χ0v) is 11.9. The summed E-state index contributed by atoms with van der Waals surface area (Å²) in [7, 11) is -3.31. The van der Waals surface area contributed by atoms with Gasteiger partial charge < -0.3 is 5.11 Å². The summed E-state index contributed by atoms with van der Waals surface area (Å²) >= 11 is 0. The van der Waals surface area contributed by atoms with E-state index in [2.05, 4.69) is 4.98 Å². The largest absolute Gasteiger partial charge is 0.380 e. The van der Waals surface area contributed by atoms with Crippen molar-refractivity contribution >= 4 is 9.84 Å². The minimum absolute atomic E-state index is 0.0611. The Morgan fingerprint density at radius 1 is 1.20 bits per heavy atom. The van der Waals surface area contributed by atoms with Crippen molar-refractivity contribution < 1.29 is 13.5 Å². The lowest BCUT2D eigenvalue weighted by Crippen LogP contribution is -2.36. The summed E-state index contributed by atoms with van der Waals surface area (Å²) in [5, 5.41) is 11.0. The first-order valence-electron chi connectivity index (χ1n) is 6.41. The first kappa shape index (κ1) is 13.3. The Kier molecular flexibility index (Phi) is 2.92. The van der Waals surface area contributed by atoms with Gasteiger partial charge >= 0.3 is 0 Å². The maximum absolute atomic E-state index is 12.1. The molecule has 0 radical (unpaired) electrons. The molecule has 1 aliphatic rings. The molecule has 1 atom stereocenters. The van der Waals surface area contributed by atoms with Gasteiger partial charge in [-0.25, -0.2) is 8.42 Å². The first-order valence-corrected chi connectivity index (χ1v) is 8.06. The summed E-state index contributed by atoms with van der Waals surface area (Å²) in [6, 6.07) is 10.3. The first-order chi connectivity index (χ1) is 9.43. The maximum Gasteiger partial charge on any atom is 0.178 e. The van der Waals surface area contributed by atoms with E-state index in [0.29, 0.717) is 11.1 Å². The summed E-state index contributed by atoms with van der Waals surface area (Å²) < 4.78 is 24.2. The van der Waals surface area contributed by atoms with E-state index in [9.17, 15) is 13.5 Å². The molecule has 3 rings (SSSR count). The van der Waals surface area contributed by atoms with Gasteiger partial charge in [-0.15, -0.1) is 0 Å². The number of sulfone groups is 1. The van der Waals surface area contributed by atoms with Crippen LogP contribution in [0.3, 0.4) is 0 Å². The quantitative estimate of drug-likeness (QED) is 0.869. The fourth-order valence-electron chi connectivity index (χ4n) is 2.62. The van der Waals surface area contributed by atoms with E-state index in [1.807, 2.05) is 13.0 Å². The van der Waals surface area contributed by atoms with Gasteiger partial charge in [0, 0.05) is 23.0 Å². The van der Waals surface area contributed by atoms with Crippen LogP contribution in [0.5, 0.6) is 0 Å². The number of hydrogen-bond donors (Lipinski definition) is 1. The summed E-state index contributed by atoms with van der Waals surface area (Å²) in [6.07, 6.45) is 1.77. The Morgan fingerprint density at radius 2 is 1.95 bits per heavy atom. The van der Waals surface area contributed by atoms with Crippen LogP contribution in [0.4, 0.5) is 0 Å². The SMILES string of the molecule is Cc1ccc(C2(O)CCS(=O)(=O)c3ccccc32)cn1. The number of pyridine rings is 1. The van der Waals surface area contributed by atoms with Gasteiger partial charge in [0.15, 0.2) is 9.84 Å². The second kappa shape index (κ2) is 4.40. The molecule has 104 valence electrons. The number of benzene rings is 1. The normalized spacial score (nSPS) is 24.1. The van der Waals surface area contributed by atoms with Gasteiger partial charge in [-0.2, -0.15) is 0 Å². The Morgan fingerprint density at radius 3 is 2.65 bits per heavy atom. The third-order valence-corrected chi connectivity index (χ3v) is 5.56. The van der Waals surface area contributed by atoms with Crippen LogP contribution in [0.1, 0.15) is 23.2 Å². The van der Waals surface area contributed by atoms with Crippen LogP contribution in [0.15, 0.2) is 47.5 Å². The minimum Gasteiger partial charge on any atom is -0.380 e. The van der Waals surface area contributed by atoms with Crippen LogP contribution in [0.25, 0.3) is 0 Å². The monoisotopic (exact) mass is 289 g/mol. The van der Waals surface area contributed by atoms with Crippen molar-refractivity contribution in [3.63, 3.8) is 0 Å². The fraction of sp³-hybridized carbons (Fsp3) is 0.267. The van der Waals surface area contributed by atoms with Crippen molar-refractivity contribution in [2.45, 2.75) is 23.8 Å². The molecule has 1 N–H and O–H groups in total. The van der Waals surface area contributed by atoms with Crippen LogP contribution in [0, 0.1) is 6.92 Å². The molecule has 0 amide bonds. The highest BCUT2D eigenvalue weighted by molar-refractivity contribution is 7.91. The second-order valence-corrected chi connectivity index (χ2v) is 7.19. The van der Waals surface area contributed by atoms with Crippen molar-refractivity contribution in [3.05, 3.63) is 59.4 Å². The molecule has 1 aliphatic heterocycles. The third-order valence-electron chi connectivity index (χ3n) is 3.79. The van der Waals surface area contributed by atoms with E-state index in [0.717, 1.165) is 5.69 Å². The van der Waals surface area contributed by atoms with Crippen molar-refractivity contribution in [1.29, 1.82) is 0 Å². The molecular weight excluding hydrogens is 274 g/mol. The van der Waals surface area contributed by atoms with E-state index >= 15 is 0 Å². The van der Waals surface area contributed by atoms with Crippen molar-refractivity contribution in [1.82, 2.24) is 4.98 Å². The number of fused-ring (bicyclic) bond motifs is 1. The number of nitrogens with zero attached hydrogens (tertiary/aromatic N) is 1. The third kappa shape index (κ3) is 1.94. The van der Waals surface area contributed by atoms with Gasteiger partial charge in [-0.1, -0.05) is 24.3 Å². The molecule has 0 saturated heterocycles. The van der Waals surface area contributed by atoms with E-state index < -0.39 is 15.4 Å². The second-order valence-electron chi connectivity index (χ2n) is 5.11. The predicted molar refractivity (Wildman–Crippen MR) is 75.1 cm³/mol. The molecule has 20 heavy (non-hydrogen) atoms.